The van der Waals surface area contributed by atoms with Gasteiger partial charge in [0.1, 0.15) is 5.78 Å². The van der Waals surface area contributed by atoms with Crippen LogP contribution in [0.3, 0.4) is 0 Å². The van der Waals surface area contributed by atoms with Crippen molar-refractivity contribution in [1.82, 2.24) is 0 Å². The average molecular weight is 282 g/mol. The predicted octanol–water partition coefficient (Wildman–Crippen LogP) is 2.46. The van der Waals surface area contributed by atoms with Crippen LogP contribution in [0.2, 0.25) is 0 Å². The van der Waals surface area contributed by atoms with Gasteiger partial charge in [0.25, 0.3) is 10.1 Å². The highest BCUT2D eigenvalue weighted by Gasteiger charge is 2.23. The van der Waals surface area contributed by atoms with Crippen molar-refractivity contribution in [3.63, 3.8) is 0 Å². The number of benzene rings is 1. The fourth-order valence-corrected chi connectivity index (χ4v) is 3.19. The molecule has 1 aromatic carbocycles. The lowest BCUT2D eigenvalue weighted by atomic mass is 9.89. The third-order valence-electron chi connectivity index (χ3n) is 3.35. The Hall–Kier alpha value is -1.20. The van der Waals surface area contributed by atoms with E-state index in [1.165, 1.54) is 12.1 Å². The molecule has 0 aliphatic heterocycles. The second-order valence-corrected chi connectivity index (χ2v) is 6.67. The SMILES string of the molecule is Cc1ccc(S(=O)(=O)OCC2CCCC(=O)C2)cc1. The van der Waals surface area contributed by atoms with Crippen LogP contribution in [0.25, 0.3) is 0 Å². The summed E-state index contributed by atoms with van der Waals surface area (Å²) in [5.41, 5.74) is 0.997. The molecule has 0 bridgehead atoms. The second kappa shape index (κ2) is 5.84. The molecule has 2 rings (SSSR count). The minimum Gasteiger partial charge on any atom is -0.300 e. The molecule has 1 aliphatic rings. The zero-order valence-electron chi connectivity index (χ0n) is 11.0. The van der Waals surface area contributed by atoms with E-state index in [-0.39, 0.29) is 23.2 Å². The first kappa shape index (κ1) is 14.2. The predicted molar refractivity (Wildman–Crippen MR) is 71.3 cm³/mol. The van der Waals surface area contributed by atoms with Gasteiger partial charge in [-0.3, -0.25) is 8.98 Å². The van der Waals surface area contributed by atoms with Gasteiger partial charge in [-0.1, -0.05) is 17.7 Å². The van der Waals surface area contributed by atoms with E-state index in [4.69, 9.17) is 4.18 Å². The largest absolute Gasteiger partial charge is 0.300 e. The highest BCUT2D eigenvalue weighted by molar-refractivity contribution is 7.86. The fraction of sp³-hybridized carbons (Fsp3) is 0.500. The Balaban J connectivity index is 1.97. The number of hydrogen-bond donors (Lipinski definition) is 0. The molecule has 1 aliphatic carbocycles. The van der Waals surface area contributed by atoms with Crippen molar-refractivity contribution >= 4 is 15.9 Å². The summed E-state index contributed by atoms with van der Waals surface area (Å²) in [5.74, 6) is 0.231. The van der Waals surface area contributed by atoms with E-state index < -0.39 is 10.1 Å². The zero-order chi connectivity index (χ0) is 13.9. The highest BCUT2D eigenvalue weighted by atomic mass is 32.2. The molecule has 0 amide bonds. The third-order valence-corrected chi connectivity index (χ3v) is 4.65. The van der Waals surface area contributed by atoms with E-state index in [2.05, 4.69) is 0 Å². The third kappa shape index (κ3) is 3.88. The minimum absolute atomic E-state index is 0.0291. The molecular weight excluding hydrogens is 264 g/mol. The molecule has 1 unspecified atom stereocenters. The van der Waals surface area contributed by atoms with Crippen LogP contribution in [0.4, 0.5) is 0 Å². The van der Waals surface area contributed by atoms with Crippen molar-refractivity contribution in [3.8, 4) is 0 Å². The first-order valence-electron chi connectivity index (χ1n) is 6.45. The molecule has 104 valence electrons. The Morgan fingerprint density at radius 3 is 2.58 bits per heavy atom. The maximum atomic E-state index is 12.0. The second-order valence-electron chi connectivity index (χ2n) is 5.05. The quantitative estimate of drug-likeness (QED) is 0.796. The number of carbonyl (C=O) groups is 1. The van der Waals surface area contributed by atoms with Gasteiger partial charge in [0.2, 0.25) is 0 Å². The van der Waals surface area contributed by atoms with Crippen molar-refractivity contribution < 1.29 is 17.4 Å². The Morgan fingerprint density at radius 1 is 1.26 bits per heavy atom. The van der Waals surface area contributed by atoms with Gasteiger partial charge < -0.3 is 0 Å². The molecule has 1 atom stereocenters. The smallest absolute Gasteiger partial charge is 0.296 e. The van der Waals surface area contributed by atoms with E-state index >= 15 is 0 Å². The summed E-state index contributed by atoms with van der Waals surface area (Å²) in [4.78, 5) is 11.5. The lowest BCUT2D eigenvalue weighted by Crippen LogP contribution is -2.21. The van der Waals surface area contributed by atoms with Gasteiger partial charge in [-0.05, 0) is 37.8 Å². The Morgan fingerprint density at radius 2 is 1.95 bits per heavy atom. The van der Waals surface area contributed by atoms with Gasteiger partial charge in [0, 0.05) is 12.8 Å². The van der Waals surface area contributed by atoms with Crippen LogP contribution in [0.5, 0.6) is 0 Å². The molecule has 1 aromatic rings. The minimum atomic E-state index is -3.71. The maximum absolute atomic E-state index is 12.0. The van der Waals surface area contributed by atoms with Crippen molar-refractivity contribution in [2.24, 2.45) is 5.92 Å². The van der Waals surface area contributed by atoms with Gasteiger partial charge in [-0.15, -0.1) is 0 Å². The lowest BCUT2D eigenvalue weighted by Gasteiger charge is -2.20. The van der Waals surface area contributed by atoms with Crippen LogP contribution in [0.1, 0.15) is 31.2 Å². The van der Waals surface area contributed by atoms with Gasteiger partial charge in [-0.2, -0.15) is 8.42 Å². The molecule has 0 radical (unpaired) electrons. The summed E-state index contributed by atoms with van der Waals surface area (Å²) in [6, 6.07) is 6.55. The number of carbonyl (C=O) groups excluding carboxylic acids is 1. The van der Waals surface area contributed by atoms with E-state index in [9.17, 15) is 13.2 Å². The normalized spacial score (nSPS) is 20.5. The van der Waals surface area contributed by atoms with Crippen LogP contribution < -0.4 is 0 Å². The molecule has 0 saturated heterocycles. The number of ketones is 1. The summed E-state index contributed by atoms with van der Waals surface area (Å²) in [6.45, 7) is 1.99. The Labute approximate surface area is 113 Å². The van der Waals surface area contributed by atoms with Crippen molar-refractivity contribution in [1.29, 1.82) is 0 Å². The lowest BCUT2D eigenvalue weighted by molar-refractivity contribution is -0.121. The highest BCUT2D eigenvalue weighted by Crippen LogP contribution is 2.23. The molecule has 0 spiro atoms. The molecule has 19 heavy (non-hydrogen) atoms. The van der Waals surface area contributed by atoms with Gasteiger partial charge in [-0.25, -0.2) is 0 Å². The molecule has 0 aromatic heterocycles. The van der Waals surface area contributed by atoms with Crippen LogP contribution >= 0.6 is 0 Å². The number of Topliss-reactive ketones (excluding diaryl/α,β-unsaturated/α-hetero) is 1. The van der Waals surface area contributed by atoms with Crippen molar-refractivity contribution in [3.05, 3.63) is 29.8 Å². The van der Waals surface area contributed by atoms with E-state index in [0.29, 0.717) is 12.8 Å². The topological polar surface area (TPSA) is 60.4 Å². The van der Waals surface area contributed by atoms with Crippen LogP contribution in [0.15, 0.2) is 29.2 Å². The molecule has 0 heterocycles. The van der Waals surface area contributed by atoms with E-state index in [1.807, 2.05) is 6.92 Å². The molecular formula is C14H18O4S. The van der Waals surface area contributed by atoms with Gasteiger partial charge in [0.05, 0.1) is 11.5 Å². The first-order valence-corrected chi connectivity index (χ1v) is 7.86. The Bertz CT molecular complexity index is 545. The summed E-state index contributed by atoms with van der Waals surface area (Å²) in [5, 5.41) is 0. The Kier molecular flexibility index (Phi) is 4.37. The summed E-state index contributed by atoms with van der Waals surface area (Å²) in [6.07, 6.45) is 2.73. The monoisotopic (exact) mass is 282 g/mol. The number of rotatable bonds is 4. The summed E-state index contributed by atoms with van der Waals surface area (Å²) in [7, 11) is -3.71. The van der Waals surface area contributed by atoms with Crippen LogP contribution in [0, 0.1) is 12.8 Å². The molecule has 4 nitrogen and oxygen atoms in total. The van der Waals surface area contributed by atoms with Crippen molar-refractivity contribution in [2.45, 2.75) is 37.5 Å². The summed E-state index contributed by atoms with van der Waals surface area (Å²) < 4.78 is 29.0. The number of hydrogen-bond acceptors (Lipinski definition) is 4. The molecule has 0 N–H and O–H groups in total. The molecule has 5 heteroatoms. The van der Waals surface area contributed by atoms with Crippen LogP contribution in [-0.2, 0) is 19.1 Å². The van der Waals surface area contributed by atoms with Crippen LogP contribution in [-0.4, -0.2) is 20.8 Å². The fourth-order valence-electron chi connectivity index (χ4n) is 2.22. The van der Waals surface area contributed by atoms with Gasteiger partial charge >= 0.3 is 0 Å². The van der Waals surface area contributed by atoms with E-state index in [0.717, 1.165) is 18.4 Å². The van der Waals surface area contributed by atoms with Crippen molar-refractivity contribution in [2.75, 3.05) is 6.61 Å². The number of aryl methyl sites for hydroxylation is 1. The molecule has 1 fully saturated rings. The standard InChI is InChI=1S/C14H18O4S/c1-11-5-7-14(8-6-11)19(16,17)18-10-12-3-2-4-13(15)9-12/h5-8,12H,2-4,9-10H2,1H3. The average Bonchev–Trinajstić information content (AvgIpc) is 2.37. The summed E-state index contributed by atoms with van der Waals surface area (Å²) >= 11 is 0. The van der Waals surface area contributed by atoms with Gasteiger partial charge in [0.15, 0.2) is 0 Å². The van der Waals surface area contributed by atoms with E-state index in [1.54, 1.807) is 12.1 Å². The zero-order valence-corrected chi connectivity index (χ0v) is 11.8. The maximum Gasteiger partial charge on any atom is 0.296 e. The molecule has 1 saturated carbocycles. The first-order chi connectivity index (χ1) is 8.97.